The van der Waals surface area contributed by atoms with Gasteiger partial charge in [-0.05, 0) is 67.0 Å². The second-order valence-corrected chi connectivity index (χ2v) is 10.1. The highest BCUT2D eigenvalue weighted by atomic mass is 32.2. The summed E-state index contributed by atoms with van der Waals surface area (Å²) in [7, 11) is -3.36. The highest BCUT2D eigenvalue weighted by Gasteiger charge is 2.35. The van der Waals surface area contributed by atoms with Gasteiger partial charge in [0, 0.05) is 6.07 Å². The Balaban J connectivity index is 1.57. The van der Waals surface area contributed by atoms with Crippen LogP contribution in [0.2, 0.25) is 0 Å². The lowest BCUT2D eigenvalue weighted by molar-refractivity contribution is -0.137. The fraction of sp³-hybridized carbons (Fsp3) is 0.381. The standard InChI is InChI=1S/C21H19F5N2O3S/c22-14-6-13(21(24,25)26)7-15(8-14)31-10-12-5-19(23)18(9-17(12)11-1-2-11)20(29)28-32(27,30)16-3-4-16/h5-9,11,16H,1-4,10H2,(H2,27,28,29,30). The van der Waals surface area contributed by atoms with E-state index < -0.39 is 44.4 Å². The Morgan fingerprint density at radius 2 is 1.78 bits per heavy atom. The molecule has 2 N–H and O–H groups in total. The third-order valence-electron chi connectivity index (χ3n) is 5.32. The monoisotopic (exact) mass is 474 g/mol. The molecule has 2 fully saturated rings. The molecule has 1 atom stereocenters. The van der Waals surface area contributed by atoms with Crippen molar-refractivity contribution in [3.8, 4) is 5.75 Å². The average molecular weight is 474 g/mol. The molecule has 0 bridgehead atoms. The highest BCUT2D eigenvalue weighted by molar-refractivity contribution is 7.92. The van der Waals surface area contributed by atoms with E-state index in [1.807, 2.05) is 0 Å². The van der Waals surface area contributed by atoms with E-state index in [0.717, 1.165) is 25.0 Å². The molecule has 0 saturated heterocycles. The Morgan fingerprint density at radius 3 is 2.38 bits per heavy atom. The first-order chi connectivity index (χ1) is 14.9. The van der Waals surface area contributed by atoms with Gasteiger partial charge in [-0.15, -0.1) is 0 Å². The van der Waals surface area contributed by atoms with E-state index in [-0.39, 0.29) is 23.8 Å². The number of carbonyl (C=O) groups excluding carboxylic acids is 1. The van der Waals surface area contributed by atoms with E-state index in [1.54, 1.807) is 0 Å². The third-order valence-corrected chi connectivity index (χ3v) is 7.22. The van der Waals surface area contributed by atoms with Crippen molar-refractivity contribution in [3.05, 3.63) is 64.2 Å². The minimum Gasteiger partial charge on any atom is -0.489 e. The summed E-state index contributed by atoms with van der Waals surface area (Å²) in [6, 6.07) is 4.14. The lowest BCUT2D eigenvalue weighted by Gasteiger charge is -2.15. The van der Waals surface area contributed by atoms with Gasteiger partial charge >= 0.3 is 6.18 Å². The molecule has 11 heteroatoms. The molecule has 0 spiro atoms. The van der Waals surface area contributed by atoms with Gasteiger partial charge in [-0.3, -0.25) is 9.52 Å². The maximum Gasteiger partial charge on any atom is 0.416 e. The van der Waals surface area contributed by atoms with Gasteiger partial charge in [-0.1, -0.05) is 0 Å². The summed E-state index contributed by atoms with van der Waals surface area (Å²) in [5.74, 6) is -3.36. The first kappa shape index (κ1) is 22.5. The molecule has 2 aliphatic rings. The topological polar surface area (TPSA) is 79.3 Å². The van der Waals surface area contributed by atoms with E-state index in [9.17, 15) is 31.0 Å². The molecule has 172 valence electrons. The zero-order valence-electron chi connectivity index (χ0n) is 16.6. The van der Waals surface area contributed by atoms with Gasteiger partial charge in [0.2, 0.25) is 0 Å². The molecule has 2 saturated carbocycles. The smallest absolute Gasteiger partial charge is 0.416 e. The molecule has 1 unspecified atom stereocenters. The molecule has 32 heavy (non-hydrogen) atoms. The van der Waals surface area contributed by atoms with Crippen LogP contribution >= 0.6 is 0 Å². The Hall–Kier alpha value is -2.69. The molecule has 0 aromatic heterocycles. The van der Waals surface area contributed by atoms with Crippen LogP contribution in [0, 0.1) is 16.4 Å². The van der Waals surface area contributed by atoms with Crippen molar-refractivity contribution in [2.75, 3.05) is 0 Å². The maximum absolute atomic E-state index is 14.7. The van der Waals surface area contributed by atoms with Gasteiger partial charge in [0.25, 0.3) is 5.91 Å². The first-order valence-corrected chi connectivity index (χ1v) is 11.5. The van der Waals surface area contributed by atoms with Gasteiger partial charge in [-0.25, -0.2) is 17.8 Å². The van der Waals surface area contributed by atoms with Crippen molar-refractivity contribution < 1.29 is 35.7 Å². The summed E-state index contributed by atoms with van der Waals surface area (Å²) in [6.07, 6.45) is -2.09. The summed E-state index contributed by atoms with van der Waals surface area (Å²) in [5.41, 5.74) is -0.677. The van der Waals surface area contributed by atoms with E-state index in [2.05, 4.69) is 4.72 Å². The maximum atomic E-state index is 14.7. The van der Waals surface area contributed by atoms with Crippen LogP contribution in [-0.4, -0.2) is 15.4 Å². The predicted octanol–water partition coefficient (Wildman–Crippen LogP) is 5.29. The second kappa shape index (κ2) is 8.02. The van der Waals surface area contributed by atoms with Gasteiger partial charge < -0.3 is 4.74 Å². The van der Waals surface area contributed by atoms with Crippen LogP contribution in [0.3, 0.4) is 0 Å². The number of rotatable bonds is 7. The van der Waals surface area contributed by atoms with E-state index >= 15 is 0 Å². The summed E-state index contributed by atoms with van der Waals surface area (Å²) in [6.45, 7) is -0.331. The second-order valence-electron chi connectivity index (χ2n) is 8.00. The molecule has 4 rings (SSSR count). The summed E-state index contributed by atoms with van der Waals surface area (Å²) in [5, 5.41) is -0.432. The molecular weight excluding hydrogens is 455 g/mol. The van der Waals surface area contributed by atoms with Crippen LogP contribution < -0.4 is 9.46 Å². The van der Waals surface area contributed by atoms with Crippen LogP contribution in [-0.2, 0) is 22.7 Å². The number of halogens is 5. The van der Waals surface area contributed by atoms with Crippen LogP contribution in [0.25, 0.3) is 0 Å². The number of alkyl halides is 3. The van der Waals surface area contributed by atoms with Gasteiger partial charge in [-0.2, -0.15) is 13.2 Å². The summed E-state index contributed by atoms with van der Waals surface area (Å²) < 4.78 is 94.3. The molecule has 5 nitrogen and oxygen atoms in total. The number of hydrogen-bond acceptors (Lipinski definition) is 4. The van der Waals surface area contributed by atoms with Crippen molar-refractivity contribution in [3.63, 3.8) is 0 Å². The molecule has 0 radical (unpaired) electrons. The third kappa shape index (κ3) is 5.03. The first-order valence-electron chi connectivity index (χ1n) is 9.86. The molecule has 0 heterocycles. The lowest BCUT2D eigenvalue weighted by atomic mass is 9.99. The number of benzene rings is 2. The minimum absolute atomic E-state index is 0.0165. The Bertz CT molecular complexity index is 1170. The average Bonchev–Trinajstić information content (AvgIpc) is 3.57. The zero-order valence-corrected chi connectivity index (χ0v) is 17.4. The van der Waals surface area contributed by atoms with Crippen molar-refractivity contribution in [1.29, 1.82) is 4.78 Å². The normalized spacial score (nSPS) is 18.2. The predicted molar refractivity (Wildman–Crippen MR) is 105 cm³/mol. The molecule has 2 aromatic carbocycles. The van der Waals surface area contributed by atoms with E-state index in [4.69, 9.17) is 9.52 Å². The number of hydrogen-bond donors (Lipinski definition) is 2. The van der Waals surface area contributed by atoms with Crippen molar-refractivity contribution in [2.45, 2.75) is 49.6 Å². The van der Waals surface area contributed by atoms with Crippen molar-refractivity contribution in [2.24, 2.45) is 0 Å². The summed E-state index contributed by atoms with van der Waals surface area (Å²) >= 11 is 0. The quantitative estimate of drug-likeness (QED) is 0.535. The molecule has 2 aliphatic carbocycles. The molecule has 0 aliphatic heterocycles. The Labute approximate surface area is 181 Å². The van der Waals surface area contributed by atoms with Gasteiger partial charge in [0.15, 0.2) is 0 Å². The van der Waals surface area contributed by atoms with Crippen molar-refractivity contribution in [1.82, 2.24) is 4.72 Å². The summed E-state index contributed by atoms with van der Waals surface area (Å²) in [4.78, 5) is 12.4. The largest absolute Gasteiger partial charge is 0.489 e. The Morgan fingerprint density at radius 1 is 1.09 bits per heavy atom. The van der Waals surface area contributed by atoms with E-state index in [1.165, 1.54) is 6.07 Å². The number of nitrogens with one attached hydrogen (secondary N) is 2. The van der Waals surface area contributed by atoms with Crippen LogP contribution in [0.5, 0.6) is 5.75 Å². The number of ether oxygens (including phenoxy) is 1. The van der Waals surface area contributed by atoms with Gasteiger partial charge in [0.1, 0.15) is 33.9 Å². The van der Waals surface area contributed by atoms with Gasteiger partial charge in [0.05, 0.1) is 16.4 Å². The zero-order chi connectivity index (χ0) is 23.3. The molecule has 2 aromatic rings. The number of amides is 1. The fourth-order valence-corrected chi connectivity index (χ4v) is 4.70. The lowest BCUT2D eigenvalue weighted by Crippen LogP contribution is -2.33. The van der Waals surface area contributed by atoms with Crippen LogP contribution in [0.4, 0.5) is 22.0 Å². The molecule has 1 amide bonds. The van der Waals surface area contributed by atoms with Crippen molar-refractivity contribution >= 4 is 15.8 Å². The minimum atomic E-state index is -4.75. The molecular formula is C21H19F5N2O3S. The van der Waals surface area contributed by atoms with Crippen LogP contribution in [0.15, 0.2) is 30.3 Å². The number of carbonyl (C=O) groups is 1. The Kier molecular flexibility index (Phi) is 5.64. The van der Waals surface area contributed by atoms with Crippen LogP contribution in [0.1, 0.15) is 58.6 Å². The SMILES string of the molecule is N=S(=O)(NC(=O)c1cc(C2CC2)c(COc2cc(F)cc(C(F)(F)F)c2)cc1F)C1CC1. The fourth-order valence-electron chi connectivity index (χ4n) is 3.35. The van der Waals surface area contributed by atoms with E-state index in [0.29, 0.717) is 36.1 Å². The highest BCUT2D eigenvalue weighted by Crippen LogP contribution is 2.43.